The normalized spacial score (nSPS) is 13.6. The van der Waals surface area contributed by atoms with Crippen LogP contribution in [0.15, 0.2) is 30.3 Å². The molecule has 0 amide bonds. The Kier molecular flexibility index (Phi) is 5.97. The maximum Gasteiger partial charge on any atom is 0.0556 e. The molecule has 0 saturated heterocycles. The van der Waals surface area contributed by atoms with E-state index in [-0.39, 0.29) is 0 Å². The maximum absolute atomic E-state index is 2.51. The number of hydrogen-bond donors (Lipinski definition) is 0. The first-order chi connectivity index (χ1) is 8.18. The Morgan fingerprint density at radius 2 is 1.47 bits per heavy atom. The van der Waals surface area contributed by atoms with Gasteiger partial charge in [0, 0.05) is 0 Å². The fourth-order valence-electron chi connectivity index (χ4n) is 3.13. The summed E-state index contributed by atoms with van der Waals surface area (Å²) < 4.78 is 0. The van der Waals surface area contributed by atoms with E-state index in [1.54, 1.807) is 0 Å². The summed E-state index contributed by atoms with van der Waals surface area (Å²) in [5.74, 6) is 0. The third-order valence-corrected chi connectivity index (χ3v) is 11.5. The second kappa shape index (κ2) is 7.00. The lowest BCUT2D eigenvalue weighted by Crippen LogP contribution is -2.36. The molecule has 1 atom stereocenters. The zero-order valence-electron chi connectivity index (χ0n) is 12.0. The van der Waals surface area contributed by atoms with Gasteiger partial charge in [0.25, 0.3) is 0 Å². The third-order valence-electron chi connectivity index (χ3n) is 4.87. The average molecular weight is 248 g/mol. The molecule has 0 N–H and O–H groups in total. The molecule has 0 aromatic heterocycles. The van der Waals surface area contributed by atoms with Gasteiger partial charge in [0.05, 0.1) is 8.07 Å². The lowest BCUT2D eigenvalue weighted by molar-refractivity contribution is 0.747. The first-order valence-electron chi connectivity index (χ1n) is 7.22. The molecule has 1 rings (SSSR count). The van der Waals surface area contributed by atoms with Crippen LogP contribution in [-0.2, 0) is 6.42 Å². The summed E-state index contributed by atoms with van der Waals surface area (Å²) in [6.07, 6.45) is 2.64. The Balaban J connectivity index is 2.56. The lowest BCUT2D eigenvalue weighted by atomic mass is 10.1. The fraction of sp³-hybridized carbons (Fsp3) is 0.625. The highest BCUT2D eigenvalue weighted by Gasteiger charge is 2.32. The second-order valence-electron chi connectivity index (χ2n) is 5.35. The zero-order valence-corrected chi connectivity index (χ0v) is 13.0. The maximum atomic E-state index is 2.51. The summed E-state index contributed by atoms with van der Waals surface area (Å²) in [5.41, 5.74) is 2.47. The second-order valence-corrected chi connectivity index (χ2v) is 11.2. The molecule has 96 valence electrons. The summed E-state index contributed by atoms with van der Waals surface area (Å²) in [5, 5.41) is 0. The molecule has 0 aliphatic rings. The molecule has 1 aromatic carbocycles. The van der Waals surface area contributed by atoms with Gasteiger partial charge >= 0.3 is 0 Å². The van der Waals surface area contributed by atoms with Crippen LogP contribution in [0.3, 0.4) is 0 Å². The van der Waals surface area contributed by atoms with E-state index in [4.69, 9.17) is 0 Å². The van der Waals surface area contributed by atoms with Crippen molar-refractivity contribution in [2.45, 2.75) is 64.2 Å². The molecule has 0 bridgehead atoms. The van der Waals surface area contributed by atoms with Crippen molar-refractivity contribution in [3.05, 3.63) is 35.9 Å². The van der Waals surface area contributed by atoms with Crippen LogP contribution in [0.4, 0.5) is 0 Å². The van der Waals surface area contributed by atoms with E-state index in [0.717, 1.165) is 5.54 Å². The van der Waals surface area contributed by atoms with Crippen LogP contribution in [0, 0.1) is 0 Å². The highest BCUT2D eigenvalue weighted by Crippen LogP contribution is 2.36. The van der Waals surface area contributed by atoms with Crippen LogP contribution in [0.25, 0.3) is 0 Å². The molecular formula is C16H28Si. The van der Waals surface area contributed by atoms with Gasteiger partial charge < -0.3 is 0 Å². The molecule has 0 radical (unpaired) electrons. The Bertz CT molecular complexity index is 292. The molecule has 0 unspecified atom stereocenters. The molecule has 0 heterocycles. The minimum Gasteiger partial charge on any atom is -0.0678 e. The van der Waals surface area contributed by atoms with E-state index >= 15 is 0 Å². The summed E-state index contributed by atoms with van der Waals surface area (Å²) >= 11 is 0. The fourth-order valence-corrected chi connectivity index (χ4v) is 7.48. The molecule has 17 heavy (non-hydrogen) atoms. The van der Waals surface area contributed by atoms with Crippen LogP contribution in [0.5, 0.6) is 0 Å². The van der Waals surface area contributed by atoms with Crippen molar-refractivity contribution in [1.82, 2.24) is 0 Å². The highest BCUT2D eigenvalue weighted by molar-refractivity contribution is 6.80. The Morgan fingerprint density at radius 1 is 0.941 bits per heavy atom. The summed E-state index contributed by atoms with van der Waals surface area (Å²) in [7, 11) is -0.975. The molecule has 1 heteroatoms. The molecule has 0 aliphatic heterocycles. The minimum atomic E-state index is -0.975. The van der Waals surface area contributed by atoms with E-state index in [2.05, 4.69) is 58.0 Å². The molecule has 0 saturated carbocycles. The van der Waals surface area contributed by atoms with Crippen molar-refractivity contribution < 1.29 is 0 Å². The van der Waals surface area contributed by atoms with Crippen LogP contribution in [0.2, 0.25) is 23.7 Å². The Morgan fingerprint density at radius 3 is 1.94 bits per heavy atom. The van der Waals surface area contributed by atoms with Crippen LogP contribution in [-0.4, -0.2) is 8.07 Å². The summed E-state index contributed by atoms with van der Waals surface area (Å²) in [4.78, 5) is 0. The van der Waals surface area contributed by atoms with Gasteiger partial charge in [-0.1, -0.05) is 76.2 Å². The predicted octanol–water partition coefficient (Wildman–Crippen LogP) is 5.52. The van der Waals surface area contributed by atoms with Gasteiger partial charge in [-0.15, -0.1) is 0 Å². The monoisotopic (exact) mass is 248 g/mol. The van der Waals surface area contributed by atoms with Gasteiger partial charge in [-0.05, 0) is 23.9 Å². The first-order valence-corrected chi connectivity index (χ1v) is 9.92. The van der Waals surface area contributed by atoms with E-state index in [9.17, 15) is 0 Å². The van der Waals surface area contributed by atoms with Crippen molar-refractivity contribution in [3.63, 3.8) is 0 Å². The van der Waals surface area contributed by atoms with Gasteiger partial charge in [0.15, 0.2) is 0 Å². The Hall–Kier alpha value is -0.563. The predicted molar refractivity (Wildman–Crippen MR) is 81.4 cm³/mol. The number of hydrogen-bond acceptors (Lipinski definition) is 0. The zero-order chi connectivity index (χ0) is 12.7. The van der Waals surface area contributed by atoms with Crippen molar-refractivity contribution in [2.24, 2.45) is 0 Å². The van der Waals surface area contributed by atoms with Gasteiger partial charge in [0.1, 0.15) is 0 Å². The van der Waals surface area contributed by atoms with E-state index in [1.165, 1.54) is 36.5 Å². The van der Waals surface area contributed by atoms with Crippen LogP contribution >= 0.6 is 0 Å². The molecule has 0 spiro atoms. The van der Waals surface area contributed by atoms with Gasteiger partial charge in [-0.3, -0.25) is 0 Å². The van der Waals surface area contributed by atoms with Crippen molar-refractivity contribution in [2.75, 3.05) is 0 Å². The van der Waals surface area contributed by atoms with E-state index < -0.39 is 8.07 Å². The molecule has 0 fully saturated rings. The molecule has 1 aromatic rings. The highest BCUT2D eigenvalue weighted by atomic mass is 28.3. The number of aryl methyl sites for hydroxylation is 1. The summed E-state index contributed by atoms with van der Waals surface area (Å²) in [6, 6.07) is 15.3. The quantitative estimate of drug-likeness (QED) is 0.557. The average Bonchev–Trinajstić information content (AvgIpc) is 2.40. The van der Waals surface area contributed by atoms with Crippen molar-refractivity contribution in [3.8, 4) is 0 Å². The van der Waals surface area contributed by atoms with Gasteiger partial charge in [0.2, 0.25) is 0 Å². The van der Waals surface area contributed by atoms with E-state index in [1.807, 2.05) is 0 Å². The van der Waals surface area contributed by atoms with Gasteiger partial charge in [-0.2, -0.15) is 0 Å². The molecule has 0 aliphatic carbocycles. The first kappa shape index (κ1) is 14.5. The smallest absolute Gasteiger partial charge is 0.0556 e. The van der Waals surface area contributed by atoms with Crippen molar-refractivity contribution >= 4 is 8.07 Å². The standard InChI is InChI=1S/C16H28Si/c1-5-17(6-2,7-3)15(4)13-14-16-11-9-8-10-12-16/h8-12,15H,5-7,13-14H2,1-4H3/t15-/m1/s1. The molecule has 0 nitrogen and oxygen atoms in total. The summed E-state index contributed by atoms with van der Waals surface area (Å²) in [6.45, 7) is 9.75. The Labute approximate surface area is 108 Å². The van der Waals surface area contributed by atoms with Crippen molar-refractivity contribution in [1.29, 1.82) is 0 Å². The van der Waals surface area contributed by atoms with Crippen LogP contribution in [0.1, 0.15) is 39.7 Å². The minimum absolute atomic E-state index is 0.961. The van der Waals surface area contributed by atoms with Gasteiger partial charge in [-0.25, -0.2) is 0 Å². The third kappa shape index (κ3) is 3.70. The largest absolute Gasteiger partial charge is 0.0678 e. The SMILES string of the molecule is CC[Si](CC)(CC)[C@H](C)CCc1ccccc1. The number of rotatable bonds is 7. The number of benzene rings is 1. The topological polar surface area (TPSA) is 0 Å². The van der Waals surface area contributed by atoms with Crippen LogP contribution < -0.4 is 0 Å². The lowest BCUT2D eigenvalue weighted by Gasteiger charge is -2.35. The van der Waals surface area contributed by atoms with E-state index in [0.29, 0.717) is 0 Å². The molecular weight excluding hydrogens is 220 g/mol.